The summed E-state index contributed by atoms with van der Waals surface area (Å²) in [7, 11) is 2.03. The van der Waals surface area contributed by atoms with Crippen LogP contribution in [0.4, 0.5) is 13.2 Å². The molecule has 0 amide bonds. The molecule has 2 aliphatic heterocycles. The van der Waals surface area contributed by atoms with E-state index in [1.807, 2.05) is 7.05 Å². The molecule has 2 aliphatic rings. The van der Waals surface area contributed by atoms with Crippen LogP contribution in [0.5, 0.6) is 0 Å². The van der Waals surface area contributed by atoms with Gasteiger partial charge in [-0.1, -0.05) is 0 Å². The molecule has 2 saturated heterocycles. The predicted octanol–water partition coefficient (Wildman–Crippen LogP) is 1.04. The largest absolute Gasteiger partial charge is 0.401 e. The first-order chi connectivity index (χ1) is 6.44. The van der Waals surface area contributed by atoms with Gasteiger partial charge in [-0.25, -0.2) is 0 Å². The summed E-state index contributed by atoms with van der Waals surface area (Å²) >= 11 is 0. The van der Waals surface area contributed by atoms with Crippen LogP contribution in [0.1, 0.15) is 0 Å². The molecule has 2 nitrogen and oxygen atoms in total. The lowest BCUT2D eigenvalue weighted by atomic mass is 10.0. The van der Waals surface area contributed by atoms with Crippen molar-refractivity contribution in [2.75, 3.05) is 39.8 Å². The average molecular weight is 208 g/mol. The smallest absolute Gasteiger partial charge is 0.306 e. The molecular formula is C9H15F3N2. The van der Waals surface area contributed by atoms with Gasteiger partial charge >= 0.3 is 6.18 Å². The Kier molecular flexibility index (Phi) is 2.47. The fourth-order valence-electron chi connectivity index (χ4n) is 2.71. The number of hydrogen-bond acceptors (Lipinski definition) is 2. The van der Waals surface area contributed by atoms with Crippen molar-refractivity contribution in [2.45, 2.75) is 6.18 Å². The van der Waals surface area contributed by atoms with E-state index in [1.54, 1.807) is 4.90 Å². The zero-order valence-corrected chi connectivity index (χ0v) is 8.22. The van der Waals surface area contributed by atoms with Crippen molar-refractivity contribution in [3.63, 3.8) is 0 Å². The van der Waals surface area contributed by atoms with Crippen LogP contribution in [0.2, 0.25) is 0 Å². The van der Waals surface area contributed by atoms with Crippen molar-refractivity contribution < 1.29 is 13.2 Å². The first-order valence-corrected chi connectivity index (χ1v) is 4.92. The maximum absolute atomic E-state index is 12.1. The van der Waals surface area contributed by atoms with Crippen molar-refractivity contribution >= 4 is 0 Å². The van der Waals surface area contributed by atoms with E-state index in [-0.39, 0.29) is 0 Å². The summed E-state index contributed by atoms with van der Waals surface area (Å²) < 4.78 is 36.3. The quantitative estimate of drug-likeness (QED) is 0.635. The van der Waals surface area contributed by atoms with Gasteiger partial charge < -0.3 is 4.90 Å². The normalized spacial score (nSPS) is 35.1. The van der Waals surface area contributed by atoms with Crippen molar-refractivity contribution in [1.29, 1.82) is 0 Å². The average Bonchev–Trinajstić information content (AvgIpc) is 2.39. The van der Waals surface area contributed by atoms with E-state index in [2.05, 4.69) is 4.90 Å². The molecule has 2 atom stereocenters. The van der Waals surface area contributed by atoms with Crippen molar-refractivity contribution in [1.82, 2.24) is 9.80 Å². The third kappa shape index (κ3) is 2.20. The first kappa shape index (κ1) is 10.2. The Balaban J connectivity index is 1.86. The highest BCUT2D eigenvalue weighted by Crippen LogP contribution is 2.31. The number of likely N-dealkylation sites (tertiary alicyclic amines) is 2. The Morgan fingerprint density at radius 1 is 1.07 bits per heavy atom. The molecule has 0 aromatic carbocycles. The van der Waals surface area contributed by atoms with Crippen LogP contribution in [0.15, 0.2) is 0 Å². The summed E-state index contributed by atoms with van der Waals surface area (Å²) in [6, 6.07) is 0. The molecule has 2 rings (SSSR count). The van der Waals surface area contributed by atoms with Gasteiger partial charge in [0.1, 0.15) is 0 Å². The summed E-state index contributed by atoms with van der Waals surface area (Å²) in [5, 5.41) is 0. The molecule has 0 spiro atoms. The van der Waals surface area contributed by atoms with Crippen molar-refractivity contribution in [3.05, 3.63) is 0 Å². The number of halogens is 3. The van der Waals surface area contributed by atoms with Crippen LogP contribution in [-0.4, -0.2) is 55.7 Å². The van der Waals surface area contributed by atoms with Crippen molar-refractivity contribution in [3.8, 4) is 0 Å². The van der Waals surface area contributed by atoms with E-state index in [0.717, 1.165) is 13.1 Å². The zero-order valence-electron chi connectivity index (χ0n) is 8.22. The molecule has 2 heterocycles. The Morgan fingerprint density at radius 2 is 1.57 bits per heavy atom. The van der Waals surface area contributed by atoms with Crippen LogP contribution in [0.3, 0.4) is 0 Å². The second kappa shape index (κ2) is 3.38. The van der Waals surface area contributed by atoms with Gasteiger partial charge in [-0.3, -0.25) is 4.90 Å². The lowest BCUT2D eigenvalue weighted by Crippen LogP contribution is -2.34. The molecule has 0 N–H and O–H groups in total. The molecule has 0 bridgehead atoms. The summed E-state index contributed by atoms with van der Waals surface area (Å²) in [4.78, 5) is 3.75. The van der Waals surface area contributed by atoms with Crippen LogP contribution < -0.4 is 0 Å². The van der Waals surface area contributed by atoms with Gasteiger partial charge in [0.15, 0.2) is 0 Å². The maximum atomic E-state index is 12.1. The Hall–Kier alpha value is -0.290. The van der Waals surface area contributed by atoms with Crippen molar-refractivity contribution in [2.24, 2.45) is 11.8 Å². The summed E-state index contributed by atoms with van der Waals surface area (Å²) in [5.41, 5.74) is 0. The van der Waals surface area contributed by atoms with Crippen LogP contribution in [-0.2, 0) is 0 Å². The minimum Gasteiger partial charge on any atom is -0.306 e. The van der Waals surface area contributed by atoms with E-state index < -0.39 is 12.7 Å². The van der Waals surface area contributed by atoms with Crippen LogP contribution in [0.25, 0.3) is 0 Å². The van der Waals surface area contributed by atoms with Gasteiger partial charge in [0.25, 0.3) is 0 Å². The molecule has 0 aromatic heterocycles. The minimum absolute atomic E-state index is 0.461. The third-order valence-electron chi connectivity index (χ3n) is 3.15. The summed E-state index contributed by atoms with van der Waals surface area (Å²) in [6.07, 6.45) is -4.04. The van der Waals surface area contributed by atoms with Crippen LogP contribution >= 0.6 is 0 Å². The molecule has 5 heteroatoms. The fourth-order valence-corrected chi connectivity index (χ4v) is 2.71. The van der Waals surface area contributed by atoms with Gasteiger partial charge in [0, 0.05) is 26.2 Å². The van der Waals surface area contributed by atoms with Gasteiger partial charge in [0.05, 0.1) is 6.54 Å². The standard InChI is InChI=1S/C9H15F3N2/c1-13-2-7-4-14(5-8(7)3-13)6-9(10,11)12/h7-8H,2-6H2,1H3. The van der Waals surface area contributed by atoms with Gasteiger partial charge in [-0.15, -0.1) is 0 Å². The predicted molar refractivity (Wildman–Crippen MR) is 47.0 cm³/mol. The number of rotatable bonds is 1. The number of hydrogen-bond donors (Lipinski definition) is 0. The van der Waals surface area contributed by atoms with E-state index in [0.29, 0.717) is 24.9 Å². The molecule has 0 aromatic rings. The maximum Gasteiger partial charge on any atom is 0.401 e. The first-order valence-electron chi connectivity index (χ1n) is 4.92. The summed E-state index contributed by atoms with van der Waals surface area (Å²) in [6.45, 7) is 2.42. The molecule has 82 valence electrons. The highest BCUT2D eigenvalue weighted by molar-refractivity contribution is 4.92. The lowest BCUT2D eigenvalue weighted by molar-refractivity contribution is -0.144. The fraction of sp³-hybridized carbons (Fsp3) is 1.00. The van der Waals surface area contributed by atoms with Crippen LogP contribution in [0, 0.1) is 11.8 Å². The molecule has 0 radical (unpaired) electrons. The minimum atomic E-state index is -4.04. The number of alkyl halides is 3. The molecule has 14 heavy (non-hydrogen) atoms. The van der Waals surface area contributed by atoms with Gasteiger partial charge in [-0.2, -0.15) is 13.2 Å². The third-order valence-corrected chi connectivity index (χ3v) is 3.15. The van der Waals surface area contributed by atoms with E-state index >= 15 is 0 Å². The van der Waals surface area contributed by atoms with Gasteiger partial charge in [0.2, 0.25) is 0 Å². The Bertz CT molecular complexity index is 203. The Morgan fingerprint density at radius 3 is 2.00 bits per heavy atom. The highest BCUT2D eigenvalue weighted by Gasteiger charge is 2.42. The van der Waals surface area contributed by atoms with E-state index in [9.17, 15) is 13.2 Å². The molecule has 2 fully saturated rings. The molecule has 2 unspecified atom stereocenters. The molecule has 0 aliphatic carbocycles. The molecule has 0 saturated carbocycles. The Labute approximate surface area is 81.7 Å². The lowest BCUT2D eigenvalue weighted by Gasteiger charge is -2.20. The SMILES string of the molecule is CN1CC2CN(CC(F)(F)F)CC2C1. The monoisotopic (exact) mass is 208 g/mol. The summed E-state index contributed by atoms with van der Waals surface area (Å²) in [5.74, 6) is 0.921. The second-order valence-corrected chi connectivity index (χ2v) is 4.55. The van der Waals surface area contributed by atoms with E-state index in [1.165, 1.54) is 0 Å². The number of nitrogens with zero attached hydrogens (tertiary/aromatic N) is 2. The zero-order chi connectivity index (χ0) is 10.3. The molecular weight excluding hydrogens is 193 g/mol. The highest BCUT2D eigenvalue weighted by atomic mass is 19.4. The van der Waals surface area contributed by atoms with E-state index in [4.69, 9.17) is 0 Å². The topological polar surface area (TPSA) is 6.48 Å². The van der Waals surface area contributed by atoms with Gasteiger partial charge in [-0.05, 0) is 18.9 Å². The second-order valence-electron chi connectivity index (χ2n) is 4.55. The number of fused-ring (bicyclic) bond motifs is 1.